The standard InChI is InChI=1S/C13H17BrN2O2/c1-15-13(17)18-12-5-7-16(8-6-12)11-4-2-3-10(14)9-11/h2-4,9,12H,5-8H2,1H3,(H,15,17). The van der Waals surface area contributed by atoms with Gasteiger partial charge in [-0.2, -0.15) is 0 Å². The summed E-state index contributed by atoms with van der Waals surface area (Å²) < 4.78 is 6.35. The van der Waals surface area contributed by atoms with Gasteiger partial charge in [-0.05, 0) is 18.2 Å². The van der Waals surface area contributed by atoms with E-state index in [1.807, 2.05) is 12.1 Å². The smallest absolute Gasteiger partial charge is 0.407 e. The van der Waals surface area contributed by atoms with E-state index in [-0.39, 0.29) is 12.2 Å². The molecule has 1 aromatic rings. The van der Waals surface area contributed by atoms with Crippen LogP contribution in [0.1, 0.15) is 12.8 Å². The highest BCUT2D eigenvalue weighted by molar-refractivity contribution is 9.10. The van der Waals surface area contributed by atoms with Gasteiger partial charge in [0.15, 0.2) is 0 Å². The number of carbonyl (C=O) groups excluding carboxylic acids is 1. The number of ether oxygens (including phenoxy) is 1. The van der Waals surface area contributed by atoms with Crippen molar-refractivity contribution in [3.8, 4) is 0 Å². The highest BCUT2D eigenvalue weighted by Gasteiger charge is 2.22. The molecule has 4 nitrogen and oxygen atoms in total. The molecule has 0 radical (unpaired) electrons. The molecule has 0 saturated carbocycles. The lowest BCUT2D eigenvalue weighted by molar-refractivity contribution is 0.0849. The van der Waals surface area contributed by atoms with Gasteiger partial charge in [-0.25, -0.2) is 4.79 Å². The van der Waals surface area contributed by atoms with Crippen LogP contribution in [-0.2, 0) is 4.74 Å². The van der Waals surface area contributed by atoms with Crippen LogP contribution in [0.3, 0.4) is 0 Å². The lowest BCUT2D eigenvalue weighted by Crippen LogP contribution is -2.39. The van der Waals surface area contributed by atoms with Gasteiger partial charge in [0.2, 0.25) is 0 Å². The molecular weight excluding hydrogens is 296 g/mol. The predicted molar refractivity (Wildman–Crippen MR) is 74.9 cm³/mol. The zero-order valence-electron chi connectivity index (χ0n) is 10.4. The lowest BCUT2D eigenvalue weighted by Gasteiger charge is -2.33. The van der Waals surface area contributed by atoms with Gasteiger partial charge in [0.1, 0.15) is 6.10 Å². The predicted octanol–water partition coefficient (Wildman–Crippen LogP) is 2.77. The molecule has 1 aromatic carbocycles. The van der Waals surface area contributed by atoms with Crippen molar-refractivity contribution in [2.24, 2.45) is 0 Å². The van der Waals surface area contributed by atoms with Crippen LogP contribution in [0.15, 0.2) is 28.7 Å². The normalized spacial score (nSPS) is 16.4. The summed E-state index contributed by atoms with van der Waals surface area (Å²) in [5, 5.41) is 2.48. The molecule has 2 rings (SSSR count). The molecule has 1 aliphatic rings. The minimum atomic E-state index is -0.337. The van der Waals surface area contributed by atoms with E-state index in [0.29, 0.717) is 0 Å². The minimum Gasteiger partial charge on any atom is -0.446 e. The van der Waals surface area contributed by atoms with Crippen molar-refractivity contribution in [1.29, 1.82) is 0 Å². The van der Waals surface area contributed by atoms with Crippen molar-refractivity contribution in [2.75, 3.05) is 25.0 Å². The third-order valence-electron chi connectivity index (χ3n) is 3.09. The number of nitrogens with zero attached hydrogens (tertiary/aromatic N) is 1. The van der Waals surface area contributed by atoms with Crippen LogP contribution in [0.4, 0.5) is 10.5 Å². The molecule has 5 heteroatoms. The fraction of sp³-hybridized carbons (Fsp3) is 0.462. The number of hydrogen-bond donors (Lipinski definition) is 1. The summed E-state index contributed by atoms with van der Waals surface area (Å²) in [6.45, 7) is 1.83. The first-order valence-electron chi connectivity index (χ1n) is 6.08. The van der Waals surface area contributed by atoms with Crippen LogP contribution in [0.5, 0.6) is 0 Å². The molecule has 1 fully saturated rings. The van der Waals surface area contributed by atoms with Crippen LogP contribution in [0.2, 0.25) is 0 Å². The van der Waals surface area contributed by atoms with Gasteiger partial charge < -0.3 is 15.0 Å². The Morgan fingerprint density at radius 3 is 2.78 bits per heavy atom. The quantitative estimate of drug-likeness (QED) is 0.913. The summed E-state index contributed by atoms with van der Waals surface area (Å²) in [5.41, 5.74) is 1.21. The molecule has 18 heavy (non-hydrogen) atoms. The molecule has 1 heterocycles. The Kier molecular flexibility index (Phi) is 4.47. The van der Waals surface area contributed by atoms with E-state index >= 15 is 0 Å². The summed E-state index contributed by atoms with van der Waals surface area (Å²) >= 11 is 3.48. The molecule has 98 valence electrons. The summed E-state index contributed by atoms with van der Waals surface area (Å²) in [4.78, 5) is 13.4. The van der Waals surface area contributed by atoms with Gasteiger partial charge in [0.05, 0.1) is 0 Å². The second-order valence-electron chi connectivity index (χ2n) is 4.32. The molecule has 0 bridgehead atoms. The van der Waals surface area contributed by atoms with E-state index in [0.717, 1.165) is 30.4 Å². The number of benzene rings is 1. The van der Waals surface area contributed by atoms with Gasteiger partial charge >= 0.3 is 6.09 Å². The highest BCUT2D eigenvalue weighted by Crippen LogP contribution is 2.24. The largest absolute Gasteiger partial charge is 0.446 e. The molecule has 1 saturated heterocycles. The maximum Gasteiger partial charge on any atom is 0.407 e. The molecule has 0 unspecified atom stereocenters. The molecule has 0 aromatic heterocycles. The molecule has 1 N–H and O–H groups in total. The van der Waals surface area contributed by atoms with E-state index in [1.54, 1.807) is 7.05 Å². The first kappa shape index (κ1) is 13.2. The topological polar surface area (TPSA) is 41.6 Å². The number of nitrogens with one attached hydrogen (secondary N) is 1. The third-order valence-corrected chi connectivity index (χ3v) is 3.59. The first-order valence-corrected chi connectivity index (χ1v) is 6.87. The SMILES string of the molecule is CNC(=O)OC1CCN(c2cccc(Br)c2)CC1. The van der Waals surface area contributed by atoms with Crippen LogP contribution in [-0.4, -0.2) is 32.3 Å². The lowest BCUT2D eigenvalue weighted by atomic mass is 10.1. The average molecular weight is 313 g/mol. The van der Waals surface area contributed by atoms with E-state index in [4.69, 9.17) is 4.74 Å². The molecule has 0 aliphatic carbocycles. The molecule has 0 spiro atoms. The molecule has 0 atom stereocenters. The van der Waals surface area contributed by atoms with E-state index < -0.39 is 0 Å². The number of amides is 1. The number of carbonyl (C=O) groups is 1. The average Bonchev–Trinajstić information content (AvgIpc) is 2.39. The Morgan fingerprint density at radius 2 is 2.17 bits per heavy atom. The molecule has 1 amide bonds. The van der Waals surface area contributed by atoms with Gasteiger partial charge in [-0.3, -0.25) is 0 Å². The fourth-order valence-electron chi connectivity index (χ4n) is 2.11. The summed E-state index contributed by atoms with van der Waals surface area (Å²) in [6.07, 6.45) is 1.45. The number of anilines is 1. The van der Waals surface area contributed by atoms with E-state index in [9.17, 15) is 4.79 Å². The van der Waals surface area contributed by atoms with Crippen molar-refractivity contribution in [2.45, 2.75) is 18.9 Å². The van der Waals surface area contributed by atoms with Crippen molar-refractivity contribution < 1.29 is 9.53 Å². The second-order valence-corrected chi connectivity index (χ2v) is 5.24. The van der Waals surface area contributed by atoms with Crippen LogP contribution in [0, 0.1) is 0 Å². The maximum atomic E-state index is 11.1. The Hall–Kier alpha value is -1.23. The minimum absolute atomic E-state index is 0.0355. The van der Waals surface area contributed by atoms with Crippen LogP contribution < -0.4 is 10.2 Å². The van der Waals surface area contributed by atoms with Crippen molar-refractivity contribution >= 4 is 27.7 Å². The van der Waals surface area contributed by atoms with Gasteiger partial charge in [0, 0.05) is 43.1 Å². The monoisotopic (exact) mass is 312 g/mol. The van der Waals surface area contributed by atoms with Gasteiger partial charge in [0.25, 0.3) is 0 Å². The second kappa shape index (κ2) is 6.09. The highest BCUT2D eigenvalue weighted by atomic mass is 79.9. The Morgan fingerprint density at radius 1 is 1.44 bits per heavy atom. The summed E-state index contributed by atoms with van der Waals surface area (Å²) in [6, 6.07) is 8.27. The van der Waals surface area contributed by atoms with E-state index in [1.165, 1.54) is 5.69 Å². The number of piperidine rings is 1. The van der Waals surface area contributed by atoms with Gasteiger partial charge in [-0.1, -0.05) is 22.0 Å². The maximum absolute atomic E-state index is 11.1. The number of halogens is 1. The number of rotatable bonds is 2. The van der Waals surface area contributed by atoms with Crippen molar-refractivity contribution in [3.63, 3.8) is 0 Å². The number of alkyl carbamates (subject to hydrolysis) is 1. The zero-order valence-corrected chi connectivity index (χ0v) is 11.9. The first-order chi connectivity index (χ1) is 8.69. The third kappa shape index (κ3) is 3.38. The Balaban J connectivity index is 1.88. The van der Waals surface area contributed by atoms with Crippen molar-refractivity contribution in [3.05, 3.63) is 28.7 Å². The number of hydrogen-bond acceptors (Lipinski definition) is 3. The summed E-state index contributed by atoms with van der Waals surface area (Å²) in [5.74, 6) is 0. The Bertz CT molecular complexity index is 417. The Labute approximate surface area is 115 Å². The summed E-state index contributed by atoms with van der Waals surface area (Å²) in [7, 11) is 1.58. The van der Waals surface area contributed by atoms with Crippen LogP contribution in [0.25, 0.3) is 0 Å². The molecular formula is C13H17BrN2O2. The van der Waals surface area contributed by atoms with E-state index in [2.05, 4.69) is 38.3 Å². The zero-order chi connectivity index (χ0) is 13.0. The van der Waals surface area contributed by atoms with Gasteiger partial charge in [-0.15, -0.1) is 0 Å². The van der Waals surface area contributed by atoms with Crippen molar-refractivity contribution in [1.82, 2.24) is 5.32 Å². The molecule has 1 aliphatic heterocycles. The van der Waals surface area contributed by atoms with Crippen LogP contribution >= 0.6 is 15.9 Å². The fourth-order valence-corrected chi connectivity index (χ4v) is 2.50.